The van der Waals surface area contributed by atoms with E-state index in [0.29, 0.717) is 31.6 Å². The molecule has 0 aliphatic carbocycles. The number of hydrogen-bond acceptors (Lipinski definition) is 6. The number of carboxylic acid groups (broad SMARTS) is 1. The molecule has 0 fully saturated rings. The van der Waals surface area contributed by atoms with Gasteiger partial charge in [-0.25, -0.2) is 0 Å². The van der Waals surface area contributed by atoms with E-state index in [0.717, 1.165) is 0 Å². The van der Waals surface area contributed by atoms with E-state index in [4.69, 9.17) is 22.3 Å². The summed E-state index contributed by atoms with van der Waals surface area (Å²) in [4.78, 5) is 38.3. The first-order valence-corrected chi connectivity index (χ1v) is 8.77. The molecule has 0 aliphatic rings. The van der Waals surface area contributed by atoms with Crippen LogP contribution >= 0.6 is 11.8 Å². The molecular formula is C13H26N6O4S. The highest BCUT2D eigenvalue weighted by molar-refractivity contribution is 7.98. The number of carbonyl (C=O) groups excluding carboxylic acids is 2. The minimum Gasteiger partial charge on any atom is -0.480 e. The number of carboxylic acids is 1. The van der Waals surface area contributed by atoms with Crippen molar-refractivity contribution in [3.05, 3.63) is 0 Å². The third-order valence-electron chi connectivity index (χ3n) is 2.96. The van der Waals surface area contributed by atoms with Crippen LogP contribution in [0.3, 0.4) is 0 Å². The van der Waals surface area contributed by atoms with Crippen LogP contribution in [0.2, 0.25) is 0 Å². The third-order valence-corrected chi connectivity index (χ3v) is 3.61. The lowest BCUT2D eigenvalue weighted by Crippen LogP contribution is -2.52. The minimum absolute atomic E-state index is 0.0275. The van der Waals surface area contributed by atoms with Gasteiger partial charge in [-0.1, -0.05) is 0 Å². The summed E-state index contributed by atoms with van der Waals surface area (Å²) in [6, 6.07) is -1.63. The number of guanidine groups is 1. The van der Waals surface area contributed by atoms with Gasteiger partial charge in [-0.15, -0.1) is 0 Å². The molecule has 0 radical (unpaired) electrons. The van der Waals surface area contributed by atoms with Gasteiger partial charge < -0.3 is 32.9 Å². The van der Waals surface area contributed by atoms with Gasteiger partial charge >= 0.3 is 5.97 Å². The number of hydrogen-bond donors (Lipinski definition) is 6. The topological polar surface area (TPSA) is 186 Å². The summed E-state index contributed by atoms with van der Waals surface area (Å²) in [6.07, 6.45) is 3.12. The van der Waals surface area contributed by atoms with Gasteiger partial charge in [-0.05, 0) is 31.3 Å². The van der Waals surface area contributed by atoms with E-state index in [9.17, 15) is 14.4 Å². The minimum atomic E-state index is -1.16. The fourth-order valence-corrected chi connectivity index (χ4v) is 2.19. The lowest BCUT2D eigenvalue weighted by Gasteiger charge is -2.20. The molecule has 2 unspecified atom stereocenters. The van der Waals surface area contributed by atoms with Crippen LogP contribution in [0.15, 0.2) is 4.99 Å². The zero-order valence-electron chi connectivity index (χ0n) is 13.7. The standard InChI is InChI=1S/C13H26N6O4S/c1-24-6-4-9(12(23)18-7-10(20)21)19-11(22)8(14)3-2-5-17-13(15)16/h8-9H,2-7,14H2,1H3,(H,18,23)(H,19,22)(H,20,21)(H4,15,16,17). The van der Waals surface area contributed by atoms with Crippen LogP contribution in [0.1, 0.15) is 19.3 Å². The van der Waals surface area contributed by atoms with Crippen molar-refractivity contribution in [2.24, 2.45) is 22.2 Å². The van der Waals surface area contributed by atoms with E-state index in [1.54, 1.807) is 0 Å². The van der Waals surface area contributed by atoms with E-state index < -0.39 is 36.4 Å². The maximum atomic E-state index is 12.1. The maximum Gasteiger partial charge on any atom is 0.322 e. The summed E-state index contributed by atoms with van der Waals surface area (Å²) >= 11 is 1.51. The van der Waals surface area contributed by atoms with Crippen molar-refractivity contribution in [3.8, 4) is 0 Å². The van der Waals surface area contributed by atoms with Gasteiger partial charge in [0, 0.05) is 6.54 Å². The quantitative estimate of drug-likeness (QED) is 0.128. The molecule has 2 atom stereocenters. The zero-order valence-corrected chi connectivity index (χ0v) is 14.5. The predicted molar refractivity (Wildman–Crippen MR) is 93.5 cm³/mol. The summed E-state index contributed by atoms with van der Waals surface area (Å²) < 4.78 is 0. The van der Waals surface area contributed by atoms with Crippen molar-refractivity contribution in [2.45, 2.75) is 31.3 Å². The van der Waals surface area contributed by atoms with Crippen LogP contribution in [0, 0.1) is 0 Å². The largest absolute Gasteiger partial charge is 0.480 e. The molecule has 0 heterocycles. The Bertz CT molecular complexity index is 456. The second-order valence-corrected chi connectivity index (χ2v) is 6.00. The molecular weight excluding hydrogens is 336 g/mol. The lowest BCUT2D eigenvalue weighted by molar-refractivity contribution is -0.138. The Kier molecular flexibility index (Phi) is 11.4. The summed E-state index contributed by atoms with van der Waals surface area (Å²) in [5.74, 6) is -1.58. The molecule has 0 aromatic carbocycles. The van der Waals surface area contributed by atoms with Crippen LogP contribution in [-0.4, -0.2) is 66.0 Å². The van der Waals surface area contributed by atoms with Crippen molar-refractivity contribution in [1.29, 1.82) is 0 Å². The second kappa shape index (κ2) is 12.4. The molecule has 0 saturated heterocycles. The fourth-order valence-electron chi connectivity index (χ4n) is 1.72. The van der Waals surface area contributed by atoms with Crippen LogP contribution in [0.25, 0.3) is 0 Å². The average molecular weight is 362 g/mol. The van der Waals surface area contributed by atoms with Gasteiger partial charge in [0.25, 0.3) is 0 Å². The highest BCUT2D eigenvalue weighted by atomic mass is 32.2. The van der Waals surface area contributed by atoms with Crippen molar-refractivity contribution in [2.75, 3.05) is 25.1 Å². The Balaban J connectivity index is 4.47. The number of nitrogens with zero attached hydrogens (tertiary/aromatic N) is 1. The van der Waals surface area contributed by atoms with E-state index in [1.807, 2.05) is 6.26 Å². The molecule has 2 amide bonds. The SMILES string of the molecule is CSCCC(NC(=O)C(N)CCCN=C(N)N)C(=O)NCC(=O)O. The van der Waals surface area contributed by atoms with Crippen molar-refractivity contribution in [1.82, 2.24) is 10.6 Å². The average Bonchev–Trinajstić information content (AvgIpc) is 2.52. The number of rotatable bonds is 12. The lowest BCUT2D eigenvalue weighted by atomic mass is 10.1. The summed E-state index contributed by atoms with van der Waals surface area (Å²) in [6.45, 7) is -0.145. The Morgan fingerprint density at radius 2 is 1.88 bits per heavy atom. The van der Waals surface area contributed by atoms with Crippen LogP contribution in [-0.2, 0) is 14.4 Å². The molecule has 9 N–H and O–H groups in total. The van der Waals surface area contributed by atoms with Crippen molar-refractivity contribution < 1.29 is 19.5 Å². The fraction of sp³-hybridized carbons (Fsp3) is 0.692. The predicted octanol–water partition coefficient (Wildman–Crippen LogP) is -2.19. The molecule has 10 nitrogen and oxygen atoms in total. The number of nitrogens with one attached hydrogen (secondary N) is 2. The van der Waals surface area contributed by atoms with Crippen LogP contribution < -0.4 is 27.8 Å². The van der Waals surface area contributed by atoms with E-state index in [1.165, 1.54) is 11.8 Å². The Morgan fingerprint density at radius 3 is 2.42 bits per heavy atom. The highest BCUT2D eigenvalue weighted by Crippen LogP contribution is 2.03. The van der Waals surface area contributed by atoms with Gasteiger partial charge in [-0.2, -0.15) is 11.8 Å². The Hall–Kier alpha value is -2.01. The molecule has 0 aliphatic heterocycles. The summed E-state index contributed by atoms with van der Waals surface area (Å²) in [5, 5.41) is 13.4. The summed E-state index contributed by atoms with van der Waals surface area (Å²) in [5.41, 5.74) is 16.2. The van der Waals surface area contributed by atoms with Gasteiger partial charge in [-0.3, -0.25) is 19.4 Å². The first kappa shape index (κ1) is 22.0. The highest BCUT2D eigenvalue weighted by Gasteiger charge is 2.23. The van der Waals surface area contributed by atoms with Gasteiger partial charge in [0.15, 0.2) is 5.96 Å². The monoisotopic (exact) mass is 362 g/mol. The van der Waals surface area contributed by atoms with E-state index in [-0.39, 0.29) is 5.96 Å². The maximum absolute atomic E-state index is 12.1. The first-order chi connectivity index (χ1) is 11.3. The number of thioether (sulfide) groups is 1. The van der Waals surface area contributed by atoms with Gasteiger partial charge in [0.05, 0.1) is 6.04 Å². The molecule has 11 heteroatoms. The van der Waals surface area contributed by atoms with E-state index >= 15 is 0 Å². The van der Waals surface area contributed by atoms with Crippen LogP contribution in [0.5, 0.6) is 0 Å². The first-order valence-electron chi connectivity index (χ1n) is 7.37. The van der Waals surface area contributed by atoms with Gasteiger partial charge in [0.2, 0.25) is 11.8 Å². The van der Waals surface area contributed by atoms with Crippen LogP contribution in [0.4, 0.5) is 0 Å². The number of aliphatic carboxylic acids is 1. The normalized spacial score (nSPS) is 12.8. The molecule has 0 spiro atoms. The van der Waals surface area contributed by atoms with Crippen molar-refractivity contribution >= 4 is 35.5 Å². The third kappa shape index (κ3) is 10.7. The van der Waals surface area contributed by atoms with Crippen molar-refractivity contribution in [3.63, 3.8) is 0 Å². The van der Waals surface area contributed by atoms with Gasteiger partial charge in [0.1, 0.15) is 12.6 Å². The Morgan fingerprint density at radius 1 is 1.21 bits per heavy atom. The molecule has 0 rings (SSSR count). The smallest absolute Gasteiger partial charge is 0.322 e. The number of carbonyl (C=O) groups is 3. The number of amides is 2. The number of nitrogens with two attached hydrogens (primary N) is 3. The number of aliphatic imine (C=N–C) groups is 1. The summed E-state index contributed by atoms with van der Waals surface area (Å²) in [7, 11) is 0. The Labute approximate surface area is 145 Å². The molecule has 0 aromatic rings. The zero-order chi connectivity index (χ0) is 18.5. The van der Waals surface area contributed by atoms with E-state index in [2.05, 4.69) is 15.6 Å². The molecule has 24 heavy (non-hydrogen) atoms. The molecule has 0 aromatic heterocycles. The molecule has 0 saturated carbocycles. The molecule has 138 valence electrons. The second-order valence-electron chi connectivity index (χ2n) is 5.01. The molecule has 0 bridgehead atoms.